The Balaban J connectivity index is 1.77. The normalized spacial score (nSPS) is 22.8. The van der Waals surface area contributed by atoms with Crippen LogP contribution >= 0.6 is 0 Å². The first-order valence-corrected chi connectivity index (χ1v) is 13.2. The maximum atomic E-state index is 14.4. The van der Waals surface area contributed by atoms with Crippen molar-refractivity contribution in [3.63, 3.8) is 0 Å². The van der Waals surface area contributed by atoms with Crippen molar-refractivity contribution in [1.29, 1.82) is 0 Å². The Kier molecular flexibility index (Phi) is 8.49. The van der Waals surface area contributed by atoms with E-state index in [1.54, 1.807) is 0 Å². The smallest absolute Gasteiger partial charge is 0.396 e. The molecule has 198 valence electrons. The van der Waals surface area contributed by atoms with Crippen molar-refractivity contribution in [1.82, 2.24) is 5.32 Å². The molecule has 0 aliphatic carbocycles. The van der Waals surface area contributed by atoms with Gasteiger partial charge in [-0.3, -0.25) is 0 Å². The number of nitrogens with two attached hydrogens (primary N) is 1. The summed E-state index contributed by atoms with van der Waals surface area (Å²) in [6.45, 7) is 6.06. The number of nitrogens with one attached hydrogen (secondary N) is 1. The maximum absolute atomic E-state index is 14.4. The maximum Gasteiger partial charge on any atom is 0.414 e. The zero-order valence-corrected chi connectivity index (χ0v) is 20.5. The first-order valence-electron chi connectivity index (χ1n) is 11.3. The molecule has 1 aliphatic rings. The van der Waals surface area contributed by atoms with Gasteiger partial charge in [0.2, 0.25) is 0 Å². The molecular weight excluding hydrogens is 500 g/mol. The molecule has 0 spiro atoms. The number of aliphatic hydroxyl groups is 2. The van der Waals surface area contributed by atoms with Crippen molar-refractivity contribution in [2.75, 3.05) is 17.2 Å². The van der Waals surface area contributed by atoms with Crippen LogP contribution in [-0.4, -0.2) is 54.6 Å². The quantitative estimate of drug-likeness (QED) is 0.308. The number of rotatable bonds is 8. The highest BCUT2D eigenvalue weighted by Crippen LogP contribution is 2.30. The molecule has 0 amide bonds. The number of halogens is 4. The van der Waals surface area contributed by atoms with E-state index in [2.05, 4.69) is 11.9 Å². The molecule has 1 aliphatic heterocycles. The van der Waals surface area contributed by atoms with Crippen LogP contribution in [0.1, 0.15) is 29.2 Å². The highest BCUT2D eigenvalue weighted by Gasteiger charge is 2.40. The summed E-state index contributed by atoms with van der Waals surface area (Å²) in [6.07, 6.45) is -9.79. The zero-order chi connectivity index (χ0) is 26.8. The lowest BCUT2D eigenvalue weighted by Gasteiger charge is -2.35. The summed E-state index contributed by atoms with van der Waals surface area (Å²) in [6, 6.07) is 8.94. The minimum atomic E-state index is -4.91. The third kappa shape index (κ3) is 7.06. The first kappa shape index (κ1) is 28.1. The Bertz CT molecular complexity index is 1220. The van der Waals surface area contributed by atoms with Crippen LogP contribution in [0.4, 0.5) is 23.2 Å². The van der Waals surface area contributed by atoms with E-state index in [0.717, 1.165) is 22.8 Å². The fraction of sp³-hybridized carbons (Fsp3) is 0.440. The van der Waals surface area contributed by atoms with Gasteiger partial charge >= 0.3 is 6.18 Å². The molecule has 2 aromatic carbocycles. The number of hydrogen-bond acceptors (Lipinski definition) is 6. The number of hydrogen-bond donors (Lipinski definition) is 4. The second-order valence-electron chi connectivity index (χ2n) is 9.41. The average molecular weight is 531 g/mol. The minimum Gasteiger partial charge on any atom is -0.396 e. The van der Waals surface area contributed by atoms with Crippen LogP contribution in [0.3, 0.4) is 0 Å². The van der Waals surface area contributed by atoms with Gasteiger partial charge in [0.25, 0.3) is 0 Å². The number of aliphatic hydroxyl groups excluding tert-OH is 2. The molecular formula is C25H30F4N2O4S. The highest BCUT2D eigenvalue weighted by atomic mass is 32.2. The third-order valence-electron chi connectivity index (χ3n) is 6.35. The molecule has 0 saturated carbocycles. The Hall–Kier alpha value is -2.47. The van der Waals surface area contributed by atoms with Gasteiger partial charge in [-0.05, 0) is 41.7 Å². The van der Waals surface area contributed by atoms with Crippen molar-refractivity contribution in [3.8, 4) is 0 Å². The van der Waals surface area contributed by atoms with Crippen LogP contribution < -0.4 is 11.1 Å². The molecule has 4 atom stereocenters. The summed E-state index contributed by atoms with van der Waals surface area (Å²) in [5, 5.41) is 23.4. The lowest BCUT2D eigenvalue weighted by molar-refractivity contribution is -0.203. The number of allylic oxidation sites excluding steroid dienone is 1. The van der Waals surface area contributed by atoms with Crippen LogP contribution in [0.2, 0.25) is 0 Å². The van der Waals surface area contributed by atoms with Crippen LogP contribution in [0.15, 0.2) is 43.0 Å². The molecule has 0 radical (unpaired) electrons. The Morgan fingerprint density at radius 1 is 1.22 bits per heavy atom. The highest BCUT2D eigenvalue weighted by molar-refractivity contribution is 7.91. The second-order valence-corrected chi connectivity index (χ2v) is 11.6. The molecule has 1 saturated heterocycles. The molecule has 1 fully saturated rings. The molecule has 5 N–H and O–H groups in total. The van der Waals surface area contributed by atoms with Crippen molar-refractivity contribution < 1.29 is 36.2 Å². The Morgan fingerprint density at radius 2 is 1.92 bits per heavy atom. The van der Waals surface area contributed by atoms with E-state index in [9.17, 15) is 36.2 Å². The SMILES string of the molecule is C=C(C)c1cccc(CN[C@H]2CS(=O)(=O)C[C@@H](Cc3cc(F)c(N)c(C[C@H](O)C(F)(F)F)c3)[C@@H]2O)c1. The van der Waals surface area contributed by atoms with E-state index >= 15 is 0 Å². The van der Waals surface area contributed by atoms with Gasteiger partial charge in [0.05, 0.1) is 23.3 Å². The molecule has 0 aromatic heterocycles. The summed E-state index contributed by atoms with van der Waals surface area (Å²) in [5.74, 6) is -2.45. The molecule has 0 bridgehead atoms. The van der Waals surface area contributed by atoms with Crippen LogP contribution in [-0.2, 0) is 29.2 Å². The van der Waals surface area contributed by atoms with Gasteiger partial charge in [0, 0.05) is 24.9 Å². The van der Waals surface area contributed by atoms with Crippen molar-refractivity contribution in [3.05, 3.63) is 71.0 Å². The number of alkyl halides is 3. The number of anilines is 1. The monoisotopic (exact) mass is 530 g/mol. The Morgan fingerprint density at radius 3 is 2.56 bits per heavy atom. The average Bonchev–Trinajstić information content (AvgIpc) is 2.77. The number of sulfone groups is 1. The fourth-order valence-electron chi connectivity index (χ4n) is 4.40. The summed E-state index contributed by atoms with van der Waals surface area (Å²) in [5.41, 5.74) is 7.67. The van der Waals surface area contributed by atoms with Gasteiger partial charge in [-0.2, -0.15) is 13.2 Å². The summed E-state index contributed by atoms with van der Waals surface area (Å²) < 4.78 is 77.9. The molecule has 0 unspecified atom stereocenters. The predicted molar refractivity (Wildman–Crippen MR) is 130 cm³/mol. The molecule has 11 heteroatoms. The van der Waals surface area contributed by atoms with Gasteiger partial charge in [-0.25, -0.2) is 12.8 Å². The van der Waals surface area contributed by atoms with Gasteiger partial charge in [0.15, 0.2) is 15.9 Å². The number of nitrogen functional groups attached to an aromatic ring is 1. The zero-order valence-electron chi connectivity index (χ0n) is 19.7. The Labute approximate surface area is 207 Å². The van der Waals surface area contributed by atoms with Gasteiger partial charge < -0.3 is 21.3 Å². The topological polar surface area (TPSA) is 113 Å². The van der Waals surface area contributed by atoms with Gasteiger partial charge in [0.1, 0.15) is 5.82 Å². The van der Waals surface area contributed by atoms with Crippen LogP contribution in [0.5, 0.6) is 0 Å². The standard InChI is InChI=1S/C25H30F4N2O4S/c1-14(2)17-5-3-4-15(6-17)11-31-21-13-36(34,35)12-19(24(21)33)8-16-7-18(23(30)20(26)9-16)10-22(32)25(27,28)29/h3-7,9,19,21-22,24,31-33H,1,8,10-13,30H2,2H3/t19-,21+,22+,24+/m1/s1. The van der Waals surface area contributed by atoms with Crippen molar-refractivity contribution in [2.45, 2.75) is 50.7 Å². The molecule has 36 heavy (non-hydrogen) atoms. The lowest BCUT2D eigenvalue weighted by atomic mass is 9.89. The van der Waals surface area contributed by atoms with Gasteiger partial charge in [-0.15, -0.1) is 0 Å². The van der Waals surface area contributed by atoms with Crippen LogP contribution in [0.25, 0.3) is 5.57 Å². The molecule has 6 nitrogen and oxygen atoms in total. The minimum absolute atomic E-state index is 0.101. The van der Waals surface area contributed by atoms with E-state index in [4.69, 9.17) is 5.73 Å². The largest absolute Gasteiger partial charge is 0.414 e. The van der Waals surface area contributed by atoms with E-state index < -0.39 is 58.1 Å². The van der Waals surface area contributed by atoms with E-state index in [1.165, 1.54) is 6.07 Å². The van der Waals surface area contributed by atoms with Crippen molar-refractivity contribution >= 4 is 21.1 Å². The van der Waals surface area contributed by atoms with E-state index in [-0.39, 0.29) is 29.1 Å². The first-order chi connectivity index (χ1) is 16.7. The van der Waals surface area contributed by atoms with E-state index in [0.29, 0.717) is 6.54 Å². The summed E-state index contributed by atoms with van der Waals surface area (Å²) in [4.78, 5) is 0. The third-order valence-corrected chi connectivity index (χ3v) is 8.15. The van der Waals surface area contributed by atoms with Gasteiger partial charge in [-0.1, -0.05) is 42.5 Å². The molecule has 2 aromatic rings. The second kappa shape index (κ2) is 10.9. The van der Waals surface area contributed by atoms with Crippen LogP contribution in [0, 0.1) is 11.7 Å². The fourth-order valence-corrected chi connectivity index (χ4v) is 6.36. The molecule has 3 rings (SSSR count). The predicted octanol–water partition coefficient (Wildman–Crippen LogP) is 3.01. The van der Waals surface area contributed by atoms with E-state index in [1.807, 2.05) is 31.2 Å². The summed E-state index contributed by atoms with van der Waals surface area (Å²) in [7, 11) is -3.57. The summed E-state index contributed by atoms with van der Waals surface area (Å²) >= 11 is 0. The lowest BCUT2D eigenvalue weighted by Crippen LogP contribution is -2.54. The molecule has 1 heterocycles. The number of benzene rings is 2. The van der Waals surface area contributed by atoms with Crippen molar-refractivity contribution in [2.24, 2.45) is 5.92 Å².